The molecule has 19 heavy (non-hydrogen) atoms. The van der Waals surface area contributed by atoms with E-state index in [0.29, 0.717) is 23.3 Å². The lowest BCUT2D eigenvalue weighted by atomic mass is 10.2. The van der Waals surface area contributed by atoms with Crippen LogP contribution in [0.3, 0.4) is 0 Å². The van der Waals surface area contributed by atoms with E-state index in [4.69, 9.17) is 4.74 Å². The number of nitro benzene ring substituents is 1. The van der Waals surface area contributed by atoms with Crippen LogP contribution in [0.5, 0.6) is 5.75 Å². The molecule has 1 N–H and O–H groups in total. The Morgan fingerprint density at radius 3 is 3.05 bits per heavy atom. The summed E-state index contributed by atoms with van der Waals surface area (Å²) in [6.45, 7) is 3.00. The molecule has 0 spiro atoms. The smallest absolute Gasteiger partial charge is 0.333 e. The Bertz CT molecular complexity index is 448. The highest BCUT2D eigenvalue weighted by molar-refractivity contribution is 8.00. The summed E-state index contributed by atoms with van der Waals surface area (Å²) in [7, 11) is 0. The average molecular weight is 282 g/mol. The number of nitrogens with one attached hydrogen (secondary N) is 1. The van der Waals surface area contributed by atoms with Gasteiger partial charge in [-0.25, -0.2) is 0 Å². The van der Waals surface area contributed by atoms with Gasteiger partial charge >= 0.3 is 5.69 Å². The first-order valence-electron chi connectivity index (χ1n) is 6.48. The fourth-order valence-corrected chi connectivity index (χ4v) is 3.36. The van der Waals surface area contributed by atoms with E-state index in [2.05, 4.69) is 5.32 Å². The summed E-state index contributed by atoms with van der Waals surface area (Å²) in [4.78, 5) is 10.8. The largest absolute Gasteiger partial charge is 0.487 e. The van der Waals surface area contributed by atoms with E-state index < -0.39 is 0 Å². The van der Waals surface area contributed by atoms with Gasteiger partial charge in [0.15, 0.2) is 5.75 Å². The number of ether oxygens (including phenoxy) is 1. The molecule has 0 aromatic heterocycles. The number of rotatable bonds is 6. The Balaban J connectivity index is 2.13. The van der Waals surface area contributed by atoms with Crippen LogP contribution in [-0.4, -0.2) is 29.1 Å². The van der Waals surface area contributed by atoms with E-state index in [1.54, 1.807) is 18.2 Å². The molecule has 1 fully saturated rings. The van der Waals surface area contributed by atoms with E-state index in [0.717, 1.165) is 6.54 Å². The molecule has 104 valence electrons. The molecule has 1 heterocycles. The monoisotopic (exact) mass is 282 g/mol. The Kier molecular flexibility index (Phi) is 4.90. The zero-order valence-corrected chi connectivity index (χ0v) is 11.7. The van der Waals surface area contributed by atoms with E-state index in [-0.39, 0.29) is 10.6 Å². The third-order valence-corrected chi connectivity index (χ3v) is 4.42. The van der Waals surface area contributed by atoms with Crippen molar-refractivity contribution in [2.75, 3.05) is 24.2 Å². The quantitative estimate of drug-likeness (QED) is 0.640. The van der Waals surface area contributed by atoms with Gasteiger partial charge in [0.2, 0.25) is 0 Å². The van der Waals surface area contributed by atoms with Crippen molar-refractivity contribution in [3.63, 3.8) is 0 Å². The molecule has 1 aliphatic rings. The van der Waals surface area contributed by atoms with Crippen LogP contribution in [0, 0.1) is 10.1 Å². The maximum atomic E-state index is 11.2. The Morgan fingerprint density at radius 1 is 1.58 bits per heavy atom. The lowest BCUT2D eigenvalue weighted by molar-refractivity contribution is -0.384. The molecule has 1 saturated heterocycles. The molecule has 2 rings (SSSR count). The predicted molar refractivity (Wildman–Crippen MR) is 78.2 cm³/mol. The van der Waals surface area contributed by atoms with Crippen molar-refractivity contribution >= 4 is 23.1 Å². The molecule has 6 heteroatoms. The minimum absolute atomic E-state index is 0.0346. The van der Waals surface area contributed by atoms with Crippen LogP contribution in [0.2, 0.25) is 0 Å². The first kappa shape index (κ1) is 14.0. The molecule has 0 bridgehead atoms. The van der Waals surface area contributed by atoms with E-state index in [1.807, 2.05) is 18.7 Å². The molecule has 0 amide bonds. The summed E-state index contributed by atoms with van der Waals surface area (Å²) < 4.78 is 5.32. The highest BCUT2D eigenvalue weighted by Crippen LogP contribution is 2.35. The number of anilines is 1. The van der Waals surface area contributed by atoms with Gasteiger partial charge in [-0.15, -0.1) is 0 Å². The molecule has 0 aliphatic carbocycles. The third-order valence-electron chi connectivity index (χ3n) is 3.03. The molecular weight excluding hydrogens is 264 g/mol. The van der Waals surface area contributed by atoms with Crippen LogP contribution >= 0.6 is 11.8 Å². The second-order valence-electron chi connectivity index (χ2n) is 4.36. The van der Waals surface area contributed by atoms with Gasteiger partial charge in [-0.1, -0.05) is 6.07 Å². The van der Waals surface area contributed by atoms with Crippen LogP contribution < -0.4 is 10.1 Å². The fourth-order valence-electron chi connectivity index (χ4n) is 2.15. The maximum absolute atomic E-state index is 11.2. The number of nitro groups is 1. The lowest BCUT2D eigenvalue weighted by Crippen LogP contribution is -2.14. The van der Waals surface area contributed by atoms with Crippen LogP contribution in [0.4, 0.5) is 11.4 Å². The van der Waals surface area contributed by atoms with Gasteiger partial charge in [0.25, 0.3) is 0 Å². The van der Waals surface area contributed by atoms with Gasteiger partial charge in [0, 0.05) is 11.8 Å². The number of thioether (sulfide) groups is 1. The van der Waals surface area contributed by atoms with Gasteiger partial charge in [-0.05, 0) is 37.7 Å². The summed E-state index contributed by atoms with van der Waals surface area (Å²) in [6, 6.07) is 5.15. The first-order valence-corrected chi connectivity index (χ1v) is 7.53. The summed E-state index contributed by atoms with van der Waals surface area (Å²) in [6.07, 6.45) is 2.41. The number of hydrogen-bond donors (Lipinski definition) is 1. The van der Waals surface area contributed by atoms with Crippen LogP contribution in [-0.2, 0) is 0 Å². The highest BCUT2D eigenvalue weighted by Gasteiger charge is 2.22. The molecule has 0 radical (unpaired) electrons. The first-order chi connectivity index (χ1) is 9.22. The molecule has 1 aromatic rings. The normalized spacial score (nSPS) is 18.3. The van der Waals surface area contributed by atoms with Crippen molar-refractivity contribution in [3.8, 4) is 5.75 Å². The van der Waals surface area contributed by atoms with Crippen molar-refractivity contribution in [1.29, 1.82) is 0 Å². The summed E-state index contributed by atoms with van der Waals surface area (Å²) >= 11 is 1.93. The Hall–Kier alpha value is -1.43. The molecular formula is C13H18N2O3S. The van der Waals surface area contributed by atoms with Gasteiger partial charge in [0.05, 0.1) is 11.5 Å². The van der Waals surface area contributed by atoms with Gasteiger partial charge in [-0.3, -0.25) is 10.1 Å². The second-order valence-corrected chi connectivity index (χ2v) is 5.77. The molecule has 5 nitrogen and oxygen atoms in total. The number of nitrogens with zero attached hydrogens (tertiary/aromatic N) is 1. The zero-order chi connectivity index (χ0) is 13.7. The molecule has 1 aliphatic heterocycles. The summed E-state index contributed by atoms with van der Waals surface area (Å²) in [5, 5.41) is 14.9. The van der Waals surface area contributed by atoms with Gasteiger partial charge in [0.1, 0.15) is 5.69 Å². The Labute approximate surface area is 116 Å². The van der Waals surface area contributed by atoms with Gasteiger partial charge in [-0.2, -0.15) is 11.8 Å². The Morgan fingerprint density at radius 2 is 2.42 bits per heavy atom. The van der Waals surface area contributed by atoms with Crippen molar-refractivity contribution in [2.45, 2.75) is 25.0 Å². The van der Waals surface area contributed by atoms with E-state index >= 15 is 0 Å². The van der Waals surface area contributed by atoms with Crippen LogP contribution in [0.25, 0.3) is 0 Å². The van der Waals surface area contributed by atoms with Crippen molar-refractivity contribution in [2.24, 2.45) is 0 Å². The summed E-state index contributed by atoms with van der Waals surface area (Å²) in [5.74, 6) is 1.52. The molecule has 0 saturated carbocycles. The fraction of sp³-hybridized carbons (Fsp3) is 0.538. The molecule has 1 unspecified atom stereocenters. The van der Waals surface area contributed by atoms with Crippen LogP contribution in [0.15, 0.2) is 18.2 Å². The number of benzene rings is 1. The standard InChI is InChI=1S/C13H18N2O3S/c1-2-18-12-7-3-6-11(13(12)15(16)17)14-9-10-5-4-8-19-10/h3,6-7,10,14H,2,4-5,8-9H2,1H3. The topological polar surface area (TPSA) is 64.4 Å². The maximum Gasteiger partial charge on any atom is 0.333 e. The SMILES string of the molecule is CCOc1cccc(NCC2CCCS2)c1[N+](=O)[O-]. The van der Waals surface area contributed by atoms with Gasteiger partial charge < -0.3 is 10.1 Å². The zero-order valence-electron chi connectivity index (χ0n) is 10.9. The average Bonchev–Trinajstić information content (AvgIpc) is 2.89. The summed E-state index contributed by atoms with van der Waals surface area (Å²) in [5.41, 5.74) is 0.579. The minimum atomic E-state index is -0.380. The highest BCUT2D eigenvalue weighted by atomic mass is 32.2. The van der Waals surface area contributed by atoms with Crippen LogP contribution in [0.1, 0.15) is 19.8 Å². The van der Waals surface area contributed by atoms with Crippen molar-refractivity contribution < 1.29 is 9.66 Å². The van der Waals surface area contributed by atoms with Crippen molar-refractivity contribution in [3.05, 3.63) is 28.3 Å². The molecule has 1 aromatic carbocycles. The predicted octanol–water partition coefficient (Wildman–Crippen LogP) is 3.30. The van der Waals surface area contributed by atoms with Crippen molar-refractivity contribution in [1.82, 2.24) is 0 Å². The number of para-hydroxylation sites is 1. The number of hydrogen-bond acceptors (Lipinski definition) is 5. The molecule has 1 atom stereocenters. The second kappa shape index (κ2) is 6.65. The lowest BCUT2D eigenvalue weighted by Gasteiger charge is -2.13. The van der Waals surface area contributed by atoms with E-state index in [1.165, 1.54) is 18.6 Å². The third kappa shape index (κ3) is 3.53. The van der Waals surface area contributed by atoms with E-state index in [9.17, 15) is 10.1 Å². The minimum Gasteiger partial charge on any atom is -0.487 e.